The van der Waals surface area contributed by atoms with Crippen LogP contribution in [0.25, 0.3) is 0 Å². The summed E-state index contributed by atoms with van der Waals surface area (Å²) in [5, 5.41) is 11.1. The zero-order valence-electron chi connectivity index (χ0n) is 12.2. The van der Waals surface area contributed by atoms with Gasteiger partial charge >= 0.3 is 12.1 Å². The molecule has 6 nitrogen and oxygen atoms in total. The van der Waals surface area contributed by atoms with Crippen molar-refractivity contribution in [2.45, 2.75) is 26.5 Å². The van der Waals surface area contributed by atoms with E-state index in [2.05, 4.69) is 5.32 Å². The quantitative estimate of drug-likeness (QED) is 0.744. The van der Waals surface area contributed by atoms with Crippen molar-refractivity contribution in [1.82, 2.24) is 5.32 Å². The second-order valence-electron chi connectivity index (χ2n) is 4.82. The zero-order chi connectivity index (χ0) is 15.7. The van der Waals surface area contributed by atoms with Gasteiger partial charge in [0.1, 0.15) is 19.3 Å². The maximum atomic E-state index is 11.7. The first-order chi connectivity index (χ1) is 10.0. The zero-order valence-corrected chi connectivity index (χ0v) is 12.2. The van der Waals surface area contributed by atoms with E-state index >= 15 is 0 Å². The molecule has 1 aromatic carbocycles. The van der Waals surface area contributed by atoms with Gasteiger partial charge < -0.3 is 19.9 Å². The number of carbonyl (C=O) groups excluding carboxylic acids is 2. The van der Waals surface area contributed by atoms with Crippen LogP contribution in [0.2, 0.25) is 0 Å². The molecule has 1 amide bonds. The first kappa shape index (κ1) is 17.0. The molecule has 0 heterocycles. The van der Waals surface area contributed by atoms with Gasteiger partial charge in [0.2, 0.25) is 0 Å². The first-order valence-corrected chi connectivity index (χ1v) is 6.79. The maximum Gasteiger partial charge on any atom is 0.408 e. The molecule has 1 atom stereocenters. The summed E-state index contributed by atoms with van der Waals surface area (Å²) >= 11 is 0. The summed E-state index contributed by atoms with van der Waals surface area (Å²) in [5.41, 5.74) is 0.858. The average Bonchev–Trinajstić information content (AvgIpc) is 2.49. The molecule has 0 fully saturated rings. The van der Waals surface area contributed by atoms with E-state index in [1.807, 2.05) is 30.3 Å². The second kappa shape index (κ2) is 8.97. The molecule has 0 aliphatic heterocycles. The molecule has 0 saturated carbocycles. The molecule has 6 heteroatoms. The van der Waals surface area contributed by atoms with Gasteiger partial charge in [-0.1, -0.05) is 44.2 Å². The smallest absolute Gasteiger partial charge is 0.408 e. The highest BCUT2D eigenvalue weighted by Gasteiger charge is 2.26. The number of hydrogen-bond acceptors (Lipinski definition) is 5. The minimum atomic E-state index is -0.806. The number of amides is 1. The van der Waals surface area contributed by atoms with Crippen molar-refractivity contribution in [3.05, 3.63) is 35.9 Å². The van der Waals surface area contributed by atoms with Crippen LogP contribution in [0.15, 0.2) is 30.3 Å². The van der Waals surface area contributed by atoms with Crippen molar-refractivity contribution < 1.29 is 24.2 Å². The Labute approximate surface area is 124 Å². The van der Waals surface area contributed by atoms with Gasteiger partial charge in [-0.15, -0.1) is 0 Å². The van der Waals surface area contributed by atoms with Gasteiger partial charge in [-0.05, 0) is 11.5 Å². The van der Waals surface area contributed by atoms with Crippen molar-refractivity contribution in [3.8, 4) is 0 Å². The Balaban J connectivity index is 2.47. The fourth-order valence-corrected chi connectivity index (χ4v) is 1.63. The minimum Gasteiger partial charge on any atom is -0.462 e. The molecule has 0 aliphatic rings. The molecule has 0 bridgehead atoms. The molecule has 116 valence electrons. The van der Waals surface area contributed by atoms with Gasteiger partial charge in [0, 0.05) is 0 Å². The van der Waals surface area contributed by atoms with E-state index in [9.17, 15) is 9.59 Å². The molecule has 0 radical (unpaired) electrons. The Morgan fingerprint density at radius 3 is 2.43 bits per heavy atom. The third-order valence-electron chi connectivity index (χ3n) is 2.74. The lowest BCUT2D eigenvalue weighted by molar-refractivity contribution is -0.148. The van der Waals surface area contributed by atoms with Crippen LogP contribution in [0.1, 0.15) is 19.4 Å². The van der Waals surface area contributed by atoms with Crippen LogP contribution in [0.5, 0.6) is 0 Å². The van der Waals surface area contributed by atoms with Crippen molar-refractivity contribution in [2.75, 3.05) is 13.2 Å². The fourth-order valence-electron chi connectivity index (χ4n) is 1.63. The van der Waals surface area contributed by atoms with Crippen LogP contribution in [-0.2, 0) is 20.9 Å². The van der Waals surface area contributed by atoms with Gasteiger partial charge in [0.15, 0.2) is 0 Å². The fraction of sp³-hybridized carbons (Fsp3) is 0.467. The van der Waals surface area contributed by atoms with Crippen molar-refractivity contribution >= 4 is 12.1 Å². The highest BCUT2D eigenvalue weighted by atomic mass is 16.6. The molecule has 2 N–H and O–H groups in total. The van der Waals surface area contributed by atoms with Gasteiger partial charge in [-0.3, -0.25) is 0 Å². The summed E-state index contributed by atoms with van der Waals surface area (Å²) in [6.07, 6.45) is -0.682. The van der Waals surface area contributed by atoms with Crippen LogP contribution in [0.3, 0.4) is 0 Å². The topological polar surface area (TPSA) is 84.9 Å². The third kappa shape index (κ3) is 6.27. The lowest BCUT2D eigenvalue weighted by atomic mass is 10.1. The van der Waals surface area contributed by atoms with E-state index in [1.54, 1.807) is 13.8 Å². The Bertz CT molecular complexity index is 447. The van der Waals surface area contributed by atoms with Gasteiger partial charge in [0.25, 0.3) is 0 Å². The van der Waals surface area contributed by atoms with E-state index < -0.39 is 18.1 Å². The van der Waals surface area contributed by atoms with Crippen LogP contribution in [-0.4, -0.2) is 36.4 Å². The number of aliphatic hydroxyl groups is 1. The standard InChI is InChI=1S/C15H21NO5/c1-11(2)13(14(18)20-9-8-17)16-15(19)21-10-12-6-4-3-5-7-12/h3-7,11,13,17H,8-10H2,1-2H3,(H,16,19)/t13-/m0/s1. The van der Waals surface area contributed by atoms with E-state index in [4.69, 9.17) is 14.6 Å². The monoisotopic (exact) mass is 295 g/mol. The molecule has 1 aromatic rings. The highest BCUT2D eigenvalue weighted by molar-refractivity contribution is 5.81. The molecule has 1 rings (SSSR count). The van der Waals surface area contributed by atoms with Crippen LogP contribution in [0, 0.1) is 5.92 Å². The Morgan fingerprint density at radius 1 is 1.19 bits per heavy atom. The summed E-state index contributed by atoms with van der Waals surface area (Å²) in [6.45, 7) is 3.34. The molecule has 0 aliphatic carbocycles. The summed E-state index contributed by atoms with van der Waals surface area (Å²) in [4.78, 5) is 23.5. The van der Waals surface area contributed by atoms with Crippen molar-refractivity contribution in [3.63, 3.8) is 0 Å². The summed E-state index contributed by atoms with van der Waals surface area (Å²) in [7, 11) is 0. The lowest BCUT2D eigenvalue weighted by Gasteiger charge is -2.20. The number of carbonyl (C=O) groups is 2. The molecule has 0 aromatic heterocycles. The van der Waals surface area contributed by atoms with Crippen molar-refractivity contribution in [1.29, 1.82) is 0 Å². The minimum absolute atomic E-state index is 0.0944. The summed E-state index contributed by atoms with van der Waals surface area (Å²) < 4.78 is 9.88. The number of alkyl carbamates (subject to hydrolysis) is 1. The SMILES string of the molecule is CC(C)[C@H](NC(=O)OCc1ccccc1)C(=O)OCCO. The van der Waals surface area contributed by atoms with Gasteiger partial charge in [-0.25, -0.2) is 9.59 Å². The molecular formula is C15H21NO5. The predicted molar refractivity (Wildman–Crippen MR) is 76.4 cm³/mol. The number of aliphatic hydroxyl groups excluding tert-OH is 1. The number of ether oxygens (including phenoxy) is 2. The number of benzene rings is 1. The number of rotatable bonds is 7. The normalized spacial score (nSPS) is 11.8. The van der Waals surface area contributed by atoms with Crippen LogP contribution < -0.4 is 5.32 Å². The Hall–Kier alpha value is -2.08. The molecule has 0 spiro atoms. The number of esters is 1. The van der Waals surface area contributed by atoms with E-state index in [0.717, 1.165) is 5.56 Å². The summed E-state index contributed by atoms with van der Waals surface area (Å²) in [5.74, 6) is -0.740. The van der Waals surface area contributed by atoms with Crippen LogP contribution >= 0.6 is 0 Å². The molecule has 0 unspecified atom stereocenters. The largest absolute Gasteiger partial charge is 0.462 e. The number of hydrogen-bond donors (Lipinski definition) is 2. The second-order valence-corrected chi connectivity index (χ2v) is 4.82. The maximum absolute atomic E-state index is 11.7. The predicted octanol–water partition coefficient (Wildman–Crippen LogP) is 1.47. The van der Waals surface area contributed by atoms with Gasteiger partial charge in [0.05, 0.1) is 6.61 Å². The van der Waals surface area contributed by atoms with Crippen LogP contribution in [0.4, 0.5) is 4.79 Å². The van der Waals surface area contributed by atoms with E-state index in [1.165, 1.54) is 0 Å². The molecule has 21 heavy (non-hydrogen) atoms. The molecular weight excluding hydrogens is 274 g/mol. The van der Waals surface area contributed by atoms with E-state index in [-0.39, 0.29) is 25.7 Å². The number of nitrogens with one attached hydrogen (secondary N) is 1. The highest BCUT2D eigenvalue weighted by Crippen LogP contribution is 2.06. The summed E-state index contributed by atoms with van der Waals surface area (Å²) in [6, 6.07) is 8.43. The Kier molecular flexibility index (Phi) is 7.25. The Morgan fingerprint density at radius 2 is 1.86 bits per heavy atom. The van der Waals surface area contributed by atoms with E-state index in [0.29, 0.717) is 0 Å². The van der Waals surface area contributed by atoms with Gasteiger partial charge in [-0.2, -0.15) is 0 Å². The third-order valence-corrected chi connectivity index (χ3v) is 2.74. The van der Waals surface area contributed by atoms with Crippen molar-refractivity contribution in [2.24, 2.45) is 5.92 Å². The molecule has 0 saturated heterocycles. The first-order valence-electron chi connectivity index (χ1n) is 6.79. The average molecular weight is 295 g/mol. The lowest BCUT2D eigenvalue weighted by Crippen LogP contribution is -2.45.